The van der Waals surface area contributed by atoms with Crippen LogP contribution < -0.4 is 5.73 Å². The molecular formula is C16H28F3N3O. The van der Waals surface area contributed by atoms with Gasteiger partial charge in [0.15, 0.2) is 0 Å². The van der Waals surface area contributed by atoms with Gasteiger partial charge in [-0.15, -0.1) is 0 Å². The smallest absolute Gasteiger partial charge is 0.342 e. The molecule has 1 aliphatic carbocycles. The first kappa shape index (κ1) is 18.5. The van der Waals surface area contributed by atoms with Crippen LogP contribution in [0.2, 0.25) is 0 Å². The third-order valence-electron chi connectivity index (χ3n) is 5.03. The fourth-order valence-corrected chi connectivity index (χ4v) is 3.82. The van der Waals surface area contributed by atoms with Gasteiger partial charge in [-0.05, 0) is 38.1 Å². The number of nitrogens with two attached hydrogens (primary N) is 1. The van der Waals surface area contributed by atoms with E-state index in [2.05, 4.69) is 0 Å². The Bertz CT molecular complexity index is 403. The Labute approximate surface area is 136 Å². The molecule has 1 aliphatic heterocycles. The Morgan fingerprint density at radius 2 is 2.04 bits per heavy atom. The third-order valence-corrected chi connectivity index (χ3v) is 5.03. The molecule has 1 heterocycles. The van der Waals surface area contributed by atoms with E-state index in [-0.39, 0.29) is 23.8 Å². The maximum absolute atomic E-state index is 12.6. The number of hydrogen-bond acceptors (Lipinski definition) is 3. The lowest BCUT2D eigenvalue weighted by atomic mass is 9.85. The Kier molecular flexibility index (Phi) is 6.31. The van der Waals surface area contributed by atoms with Crippen LogP contribution in [0.4, 0.5) is 13.2 Å². The third kappa shape index (κ3) is 5.64. The van der Waals surface area contributed by atoms with Gasteiger partial charge in [-0.2, -0.15) is 13.2 Å². The summed E-state index contributed by atoms with van der Waals surface area (Å²) >= 11 is 0. The second-order valence-corrected chi connectivity index (χ2v) is 7.01. The molecule has 23 heavy (non-hydrogen) atoms. The van der Waals surface area contributed by atoms with Crippen molar-refractivity contribution >= 4 is 5.91 Å². The number of nitrogens with zero attached hydrogens (tertiary/aromatic N) is 2. The van der Waals surface area contributed by atoms with Crippen molar-refractivity contribution in [2.24, 2.45) is 17.6 Å². The molecule has 4 nitrogen and oxygen atoms in total. The molecule has 1 saturated carbocycles. The fourth-order valence-electron chi connectivity index (χ4n) is 3.82. The minimum atomic E-state index is -4.16. The minimum Gasteiger partial charge on any atom is -0.342 e. The van der Waals surface area contributed by atoms with Gasteiger partial charge >= 0.3 is 6.18 Å². The highest BCUT2D eigenvalue weighted by molar-refractivity contribution is 5.79. The molecule has 0 radical (unpaired) electrons. The summed E-state index contributed by atoms with van der Waals surface area (Å²) in [4.78, 5) is 15.8. The number of carbonyl (C=O) groups is 1. The monoisotopic (exact) mass is 335 g/mol. The van der Waals surface area contributed by atoms with Crippen LogP contribution in [0.5, 0.6) is 0 Å². The van der Waals surface area contributed by atoms with Crippen LogP contribution in [0.25, 0.3) is 0 Å². The average molecular weight is 335 g/mol. The summed E-state index contributed by atoms with van der Waals surface area (Å²) in [5.41, 5.74) is 5.95. The first-order valence-electron chi connectivity index (χ1n) is 8.62. The quantitative estimate of drug-likeness (QED) is 0.838. The lowest BCUT2D eigenvalue weighted by molar-refractivity contribution is -0.147. The number of rotatable bonds is 5. The summed E-state index contributed by atoms with van der Waals surface area (Å²) in [5, 5.41) is 0. The molecule has 0 spiro atoms. The molecule has 1 saturated heterocycles. The van der Waals surface area contributed by atoms with Crippen molar-refractivity contribution in [1.82, 2.24) is 9.80 Å². The Morgan fingerprint density at radius 1 is 1.30 bits per heavy atom. The molecular weight excluding hydrogens is 307 g/mol. The van der Waals surface area contributed by atoms with E-state index in [0.717, 1.165) is 32.1 Å². The molecule has 134 valence electrons. The summed E-state index contributed by atoms with van der Waals surface area (Å²) in [5.74, 6) is 0.301. The van der Waals surface area contributed by atoms with Gasteiger partial charge in [0.1, 0.15) is 0 Å². The van der Waals surface area contributed by atoms with Gasteiger partial charge < -0.3 is 10.6 Å². The number of alkyl halides is 3. The largest absolute Gasteiger partial charge is 0.401 e. The van der Waals surface area contributed by atoms with Gasteiger partial charge in [0, 0.05) is 31.6 Å². The Hall–Kier alpha value is -0.820. The SMILES string of the molecule is CCN(CC1CCN(C(=O)C2CCCC(N)C2)C1)CC(F)(F)F. The summed E-state index contributed by atoms with van der Waals surface area (Å²) in [6.07, 6.45) is 0.235. The molecule has 1 amide bonds. The van der Waals surface area contributed by atoms with Crippen molar-refractivity contribution in [2.45, 2.75) is 51.2 Å². The minimum absolute atomic E-state index is 0.00922. The highest BCUT2D eigenvalue weighted by Crippen LogP contribution is 2.28. The maximum Gasteiger partial charge on any atom is 0.401 e. The summed E-state index contributed by atoms with van der Waals surface area (Å²) < 4.78 is 37.6. The van der Waals surface area contributed by atoms with Gasteiger partial charge in [-0.3, -0.25) is 9.69 Å². The van der Waals surface area contributed by atoms with E-state index in [1.54, 1.807) is 6.92 Å². The highest BCUT2D eigenvalue weighted by Gasteiger charge is 2.35. The highest BCUT2D eigenvalue weighted by atomic mass is 19.4. The standard InChI is InChI=1S/C16H28F3N3O/c1-2-21(11-16(17,18)19)9-12-6-7-22(10-12)15(23)13-4-3-5-14(20)8-13/h12-14H,2-11,20H2,1H3. The normalized spacial score (nSPS) is 29.3. The molecule has 0 aromatic rings. The topological polar surface area (TPSA) is 49.6 Å². The van der Waals surface area contributed by atoms with Crippen molar-refractivity contribution in [3.05, 3.63) is 0 Å². The molecule has 3 atom stereocenters. The van der Waals surface area contributed by atoms with Crippen LogP contribution in [-0.2, 0) is 4.79 Å². The maximum atomic E-state index is 12.6. The van der Waals surface area contributed by atoms with Crippen molar-refractivity contribution in [2.75, 3.05) is 32.7 Å². The molecule has 2 N–H and O–H groups in total. The lowest BCUT2D eigenvalue weighted by Crippen LogP contribution is -2.41. The van der Waals surface area contributed by atoms with Crippen LogP contribution in [-0.4, -0.2) is 60.6 Å². The van der Waals surface area contributed by atoms with Crippen molar-refractivity contribution in [3.63, 3.8) is 0 Å². The van der Waals surface area contributed by atoms with Gasteiger partial charge in [-0.1, -0.05) is 13.3 Å². The van der Waals surface area contributed by atoms with Gasteiger partial charge in [0.25, 0.3) is 0 Å². The molecule has 2 aliphatic rings. The van der Waals surface area contributed by atoms with E-state index in [0.29, 0.717) is 26.2 Å². The van der Waals surface area contributed by atoms with Crippen molar-refractivity contribution in [1.29, 1.82) is 0 Å². The van der Waals surface area contributed by atoms with E-state index >= 15 is 0 Å². The van der Waals surface area contributed by atoms with Gasteiger partial charge in [-0.25, -0.2) is 0 Å². The predicted molar refractivity (Wildman–Crippen MR) is 82.8 cm³/mol. The zero-order valence-corrected chi connectivity index (χ0v) is 13.8. The second-order valence-electron chi connectivity index (χ2n) is 7.01. The summed E-state index contributed by atoms with van der Waals surface area (Å²) in [6.45, 7) is 2.90. The summed E-state index contributed by atoms with van der Waals surface area (Å²) in [7, 11) is 0. The zero-order chi connectivity index (χ0) is 17.0. The van der Waals surface area contributed by atoms with E-state index < -0.39 is 12.7 Å². The van der Waals surface area contributed by atoms with Gasteiger partial charge in [0.2, 0.25) is 5.91 Å². The first-order valence-corrected chi connectivity index (χ1v) is 8.62. The van der Waals surface area contributed by atoms with Gasteiger partial charge in [0.05, 0.1) is 6.54 Å². The number of likely N-dealkylation sites (tertiary alicyclic amines) is 1. The molecule has 0 aromatic carbocycles. The molecule has 2 rings (SSSR count). The first-order chi connectivity index (χ1) is 10.8. The van der Waals surface area contributed by atoms with Crippen molar-refractivity contribution in [3.8, 4) is 0 Å². The van der Waals surface area contributed by atoms with Crippen LogP contribution in [0.3, 0.4) is 0 Å². The van der Waals surface area contributed by atoms with E-state index in [1.807, 2.05) is 4.90 Å². The molecule has 3 unspecified atom stereocenters. The predicted octanol–water partition coefficient (Wildman–Crippen LogP) is 2.24. The van der Waals surface area contributed by atoms with E-state index in [9.17, 15) is 18.0 Å². The zero-order valence-electron chi connectivity index (χ0n) is 13.8. The van der Waals surface area contributed by atoms with Crippen molar-refractivity contribution < 1.29 is 18.0 Å². The Morgan fingerprint density at radius 3 is 2.65 bits per heavy atom. The molecule has 2 fully saturated rings. The lowest BCUT2D eigenvalue weighted by Gasteiger charge is -2.30. The number of carbonyl (C=O) groups excluding carboxylic acids is 1. The second kappa shape index (κ2) is 7.83. The molecule has 0 bridgehead atoms. The Balaban J connectivity index is 1.82. The number of hydrogen-bond donors (Lipinski definition) is 1. The van der Waals surface area contributed by atoms with E-state index in [1.165, 1.54) is 4.90 Å². The number of halogens is 3. The van der Waals surface area contributed by atoms with Crippen LogP contribution in [0.1, 0.15) is 39.0 Å². The molecule has 0 aromatic heterocycles. The van der Waals surface area contributed by atoms with Crippen LogP contribution >= 0.6 is 0 Å². The van der Waals surface area contributed by atoms with E-state index in [4.69, 9.17) is 5.73 Å². The summed E-state index contributed by atoms with van der Waals surface area (Å²) in [6, 6.07) is 0.110. The van der Waals surface area contributed by atoms with Crippen LogP contribution in [0.15, 0.2) is 0 Å². The average Bonchev–Trinajstić information content (AvgIpc) is 2.92. The number of amides is 1. The fraction of sp³-hybridized carbons (Fsp3) is 0.938. The molecule has 7 heteroatoms. The van der Waals surface area contributed by atoms with Crippen LogP contribution in [0, 0.1) is 11.8 Å².